The summed E-state index contributed by atoms with van der Waals surface area (Å²) in [6.45, 7) is 5.66. The third-order valence-corrected chi connectivity index (χ3v) is 0.846. The fraction of sp³-hybridized carbons (Fsp3) is 0.714. The average molecular weight is 126 g/mol. The van der Waals surface area contributed by atoms with Crippen LogP contribution in [0, 0.1) is 0 Å². The molecular formula is C7H14N2. The molecule has 0 radical (unpaired) electrons. The SMILES string of the molecule is C/C=C/C/N=N\CCC. The second-order valence-corrected chi connectivity index (χ2v) is 1.76. The minimum atomic E-state index is 0.733. The Kier molecular flexibility index (Phi) is 6.80. The lowest BCUT2D eigenvalue weighted by Crippen LogP contribution is -1.73. The Hall–Kier alpha value is -0.660. The van der Waals surface area contributed by atoms with Gasteiger partial charge in [-0.3, -0.25) is 0 Å². The van der Waals surface area contributed by atoms with Gasteiger partial charge in [-0.25, -0.2) is 0 Å². The first-order chi connectivity index (χ1) is 4.41. The molecule has 0 atom stereocenters. The Labute approximate surface area is 56.7 Å². The normalized spacial score (nSPS) is 11.8. The van der Waals surface area contributed by atoms with Gasteiger partial charge in [0, 0.05) is 0 Å². The molecule has 0 aromatic carbocycles. The summed E-state index contributed by atoms with van der Waals surface area (Å²) in [5, 5.41) is 7.79. The van der Waals surface area contributed by atoms with Crippen molar-refractivity contribution in [1.82, 2.24) is 0 Å². The lowest BCUT2D eigenvalue weighted by atomic mass is 10.5. The third kappa shape index (κ3) is 7.34. The van der Waals surface area contributed by atoms with Crippen molar-refractivity contribution < 1.29 is 0 Å². The zero-order valence-corrected chi connectivity index (χ0v) is 6.17. The molecule has 52 valence electrons. The first-order valence-electron chi connectivity index (χ1n) is 3.36. The van der Waals surface area contributed by atoms with Crippen LogP contribution in [-0.2, 0) is 0 Å². The maximum Gasteiger partial charge on any atom is 0.0779 e. The molecule has 2 nitrogen and oxygen atoms in total. The van der Waals surface area contributed by atoms with Gasteiger partial charge in [-0.2, -0.15) is 10.2 Å². The van der Waals surface area contributed by atoms with Crippen molar-refractivity contribution in [3.8, 4) is 0 Å². The quantitative estimate of drug-likeness (QED) is 0.408. The van der Waals surface area contributed by atoms with Gasteiger partial charge in [0.25, 0.3) is 0 Å². The van der Waals surface area contributed by atoms with Crippen LogP contribution in [0.25, 0.3) is 0 Å². The highest BCUT2D eigenvalue weighted by atomic mass is 15.1. The molecule has 0 rings (SSSR count). The van der Waals surface area contributed by atoms with E-state index in [-0.39, 0.29) is 0 Å². The second-order valence-electron chi connectivity index (χ2n) is 1.76. The van der Waals surface area contributed by atoms with E-state index < -0.39 is 0 Å². The summed E-state index contributed by atoms with van der Waals surface area (Å²) in [6.07, 6.45) is 5.05. The lowest BCUT2D eigenvalue weighted by Gasteiger charge is -1.82. The molecule has 0 bridgehead atoms. The Bertz CT molecular complexity index is 95.1. The van der Waals surface area contributed by atoms with Crippen molar-refractivity contribution >= 4 is 0 Å². The highest BCUT2D eigenvalue weighted by Crippen LogP contribution is 1.81. The van der Waals surface area contributed by atoms with E-state index in [0.29, 0.717) is 0 Å². The summed E-state index contributed by atoms with van der Waals surface area (Å²) in [7, 11) is 0. The number of nitrogens with zero attached hydrogens (tertiary/aromatic N) is 2. The first kappa shape index (κ1) is 8.34. The number of hydrogen-bond donors (Lipinski definition) is 0. The lowest BCUT2D eigenvalue weighted by molar-refractivity contribution is 0.845. The molecule has 0 aliphatic heterocycles. The fourth-order valence-corrected chi connectivity index (χ4v) is 0.381. The van der Waals surface area contributed by atoms with E-state index in [1.165, 1.54) is 0 Å². The minimum absolute atomic E-state index is 0.733. The molecule has 0 aromatic rings. The van der Waals surface area contributed by atoms with Gasteiger partial charge in [0.15, 0.2) is 0 Å². The average Bonchev–Trinajstić information content (AvgIpc) is 1.89. The molecule has 0 N–H and O–H groups in total. The predicted octanol–water partition coefficient (Wildman–Crippen LogP) is 2.42. The van der Waals surface area contributed by atoms with E-state index in [2.05, 4.69) is 17.2 Å². The molecule has 0 saturated carbocycles. The van der Waals surface area contributed by atoms with Crippen LogP contribution < -0.4 is 0 Å². The van der Waals surface area contributed by atoms with E-state index >= 15 is 0 Å². The third-order valence-electron chi connectivity index (χ3n) is 0.846. The maximum absolute atomic E-state index is 3.90. The Morgan fingerprint density at radius 3 is 2.67 bits per heavy atom. The molecule has 0 saturated heterocycles. The summed E-state index contributed by atoms with van der Waals surface area (Å²) in [6, 6.07) is 0. The zero-order valence-electron chi connectivity index (χ0n) is 6.17. The summed E-state index contributed by atoms with van der Waals surface area (Å²) in [4.78, 5) is 0. The second kappa shape index (κ2) is 7.34. The molecule has 0 fully saturated rings. The molecule has 0 unspecified atom stereocenters. The van der Waals surface area contributed by atoms with E-state index in [9.17, 15) is 0 Å². The van der Waals surface area contributed by atoms with E-state index in [1.54, 1.807) is 0 Å². The Morgan fingerprint density at radius 1 is 1.33 bits per heavy atom. The maximum atomic E-state index is 3.90. The largest absolute Gasteiger partial charge is 0.194 e. The van der Waals surface area contributed by atoms with Gasteiger partial charge in [0.1, 0.15) is 0 Å². The molecule has 9 heavy (non-hydrogen) atoms. The van der Waals surface area contributed by atoms with E-state index in [4.69, 9.17) is 0 Å². The predicted molar refractivity (Wildman–Crippen MR) is 39.7 cm³/mol. The smallest absolute Gasteiger partial charge is 0.0779 e. The molecule has 2 heteroatoms. The van der Waals surface area contributed by atoms with Gasteiger partial charge in [-0.05, 0) is 13.3 Å². The molecule has 0 aromatic heterocycles. The highest BCUT2D eigenvalue weighted by molar-refractivity contribution is 4.78. The minimum Gasteiger partial charge on any atom is -0.194 e. The molecule has 0 aliphatic carbocycles. The van der Waals surface area contributed by atoms with E-state index in [1.807, 2.05) is 19.1 Å². The van der Waals surface area contributed by atoms with Crippen LogP contribution in [0.5, 0.6) is 0 Å². The summed E-state index contributed by atoms with van der Waals surface area (Å²) in [5.41, 5.74) is 0. The summed E-state index contributed by atoms with van der Waals surface area (Å²) >= 11 is 0. The zero-order chi connectivity index (χ0) is 6.95. The van der Waals surface area contributed by atoms with Crippen LogP contribution in [0.4, 0.5) is 0 Å². The monoisotopic (exact) mass is 126 g/mol. The van der Waals surface area contributed by atoms with Crippen molar-refractivity contribution in [2.24, 2.45) is 10.2 Å². The fourth-order valence-electron chi connectivity index (χ4n) is 0.381. The van der Waals surface area contributed by atoms with Crippen LogP contribution in [-0.4, -0.2) is 13.1 Å². The summed E-state index contributed by atoms with van der Waals surface area (Å²) < 4.78 is 0. The van der Waals surface area contributed by atoms with Crippen LogP contribution in [0.3, 0.4) is 0 Å². The molecule has 0 amide bonds. The number of allylic oxidation sites excluding steroid dienone is 1. The standard InChI is InChI=1S/C7H14N2/c1-3-5-7-9-8-6-4-2/h3,5H,4,6-7H2,1-2H3/b5-3+,9-8-. The van der Waals surface area contributed by atoms with Gasteiger partial charge in [0.2, 0.25) is 0 Å². The van der Waals surface area contributed by atoms with Gasteiger partial charge in [0.05, 0.1) is 13.1 Å². The van der Waals surface area contributed by atoms with Gasteiger partial charge in [-0.15, -0.1) is 0 Å². The highest BCUT2D eigenvalue weighted by Gasteiger charge is 1.71. The Balaban J connectivity index is 3.04. The van der Waals surface area contributed by atoms with Crippen molar-refractivity contribution in [3.63, 3.8) is 0 Å². The van der Waals surface area contributed by atoms with Gasteiger partial charge < -0.3 is 0 Å². The van der Waals surface area contributed by atoms with Crippen molar-refractivity contribution in [2.75, 3.05) is 13.1 Å². The molecule has 0 spiro atoms. The van der Waals surface area contributed by atoms with E-state index in [0.717, 1.165) is 19.5 Å². The Morgan fingerprint density at radius 2 is 2.11 bits per heavy atom. The van der Waals surface area contributed by atoms with Crippen LogP contribution >= 0.6 is 0 Å². The number of rotatable bonds is 4. The molecule has 0 heterocycles. The van der Waals surface area contributed by atoms with Crippen LogP contribution in [0.1, 0.15) is 20.3 Å². The van der Waals surface area contributed by atoms with Crippen molar-refractivity contribution in [3.05, 3.63) is 12.2 Å². The topological polar surface area (TPSA) is 24.7 Å². The number of azo groups is 1. The molecule has 0 aliphatic rings. The van der Waals surface area contributed by atoms with Gasteiger partial charge >= 0.3 is 0 Å². The van der Waals surface area contributed by atoms with Crippen LogP contribution in [0.15, 0.2) is 22.4 Å². The van der Waals surface area contributed by atoms with Crippen molar-refractivity contribution in [2.45, 2.75) is 20.3 Å². The van der Waals surface area contributed by atoms with Gasteiger partial charge in [-0.1, -0.05) is 19.1 Å². The first-order valence-corrected chi connectivity index (χ1v) is 3.36. The van der Waals surface area contributed by atoms with Crippen molar-refractivity contribution in [1.29, 1.82) is 0 Å². The van der Waals surface area contributed by atoms with Crippen LogP contribution in [0.2, 0.25) is 0 Å². The molecular weight excluding hydrogens is 112 g/mol. The number of hydrogen-bond acceptors (Lipinski definition) is 2. The summed E-state index contributed by atoms with van der Waals surface area (Å²) in [5.74, 6) is 0.